The molecular formula is C18H22O4S. The second kappa shape index (κ2) is 7.15. The van der Waals surface area contributed by atoms with E-state index in [1.54, 1.807) is 31.2 Å². The van der Waals surface area contributed by atoms with Crippen molar-refractivity contribution in [2.24, 2.45) is 0 Å². The maximum absolute atomic E-state index is 12.2. The van der Waals surface area contributed by atoms with Gasteiger partial charge in [0.25, 0.3) is 10.1 Å². The monoisotopic (exact) mass is 334 g/mol. The highest BCUT2D eigenvalue weighted by Crippen LogP contribution is 2.20. The Hall–Kier alpha value is -1.85. The van der Waals surface area contributed by atoms with Crippen LogP contribution in [0.1, 0.15) is 23.6 Å². The molecule has 0 aliphatic heterocycles. The minimum Gasteiger partial charge on any atom is -0.491 e. The third-order valence-corrected chi connectivity index (χ3v) is 4.85. The minimum absolute atomic E-state index is 0.154. The normalized spacial score (nSPS) is 12.9. The van der Waals surface area contributed by atoms with E-state index in [0.29, 0.717) is 0 Å². The first-order valence-electron chi connectivity index (χ1n) is 7.48. The maximum atomic E-state index is 12.2. The lowest BCUT2D eigenvalue weighted by Gasteiger charge is -2.16. The molecular weight excluding hydrogens is 312 g/mol. The summed E-state index contributed by atoms with van der Waals surface area (Å²) in [5.74, 6) is 0.744. The Morgan fingerprint density at radius 1 is 0.957 bits per heavy atom. The van der Waals surface area contributed by atoms with Crippen molar-refractivity contribution < 1.29 is 17.3 Å². The molecule has 23 heavy (non-hydrogen) atoms. The number of aryl methyl sites for hydroxylation is 3. The van der Waals surface area contributed by atoms with E-state index in [4.69, 9.17) is 8.92 Å². The Kier molecular flexibility index (Phi) is 5.44. The number of benzene rings is 2. The number of rotatable bonds is 6. The quantitative estimate of drug-likeness (QED) is 0.754. The van der Waals surface area contributed by atoms with Crippen LogP contribution >= 0.6 is 0 Å². The zero-order chi connectivity index (χ0) is 17.0. The lowest BCUT2D eigenvalue weighted by Crippen LogP contribution is -2.22. The van der Waals surface area contributed by atoms with Gasteiger partial charge in [-0.25, -0.2) is 0 Å². The third kappa shape index (κ3) is 4.81. The van der Waals surface area contributed by atoms with Crippen molar-refractivity contribution in [3.05, 3.63) is 59.2 Å². The van der Waals surface area contributed by atoms with Crippen molar-refractivity contribution in [3.8, 4) is 5.75 Å². The van der Waals surface area contributed by atoms with Gasteiger partial charge in [-0.1, -0.05) is 29.8 Å². The van der Waals surface area contributed by atoms with Gasteiger partial charge in [-0.05, 0) is 57.0 Å². The van der Waals surface area contributed by atoms with E-state index in [9.17, 15) is 8.42 Å². The van der Waals surface area contributed by atoms with Gasteiger partial charge in [-0.15, -0.1) is 0 Å². The third-order valence-electron chi connectivity index (χ3n) is 3.42. The van der Waals surface area contributed by atoms with Gasteiger partial charge in [-0.3, -0.25) is 4.18 Å². The molecule has 0 aromatic heterocycles. The summed E-state index contributed by atoms with van der Waals surface area (Å²) in [6.07, 6.45) is -0.582. The number of ether oxygens (including phenoxy) is 1. The molecule has 0 radical (unpaired) electrons. The second-order valence-electron chi connectivity index (χ2n) is 5.75. The zero-order valence-corrected chi connectivity index (χ0v) is 14.7. The molecule has 4 nitrogen and oxygen atoms in total. The SMILES string of the molecule is Cc1ccc(S(=O)(=O)OC(C)COc2cc(C)ccc2C)cc1. The van der Waals surface area contributed by atoms with Gasteiger partial charge >= 0.3 is 0 Å². The number of hydrogen-bond donors (Lipinski definition) is 0. The summed E-state index contributed by atoms with van der Waals surface area (Å²) in [5.41, 5.74) is 3.09. The van der Waals surface area contributed by atoms with E-state index in [1.807, 2.05) is 39.0 Å². The van der Waals surface area contributed by atoms with Crippen LogP contribution in [0.5, 0.6) is 5.75 Å². The molecule has 0 aliphatic rings. The van der Waals surface area contributed by atoms with E-state index in [0.717, 1.165) is 22.4 Å². The molecule has 5 heteroatoms. The van der Waals surface area contributed by atoms with Gasteiger partial charge in [0.1, 0.15) is 18.5 Å². The number of hydrogen-bond acceptors (Lipinski definition) is 4. The Morgan fingerprint density at radius 2 is 1.57 bits per heavy atom. The van der Waals surface area contributed by atoms with Crippen molar-refractivity contribution in [1.82, 2.24) is 0 Å². The van der Waals surface area contributed by atoms with E-state index in [-0.39, 0.29) is 11.5 Å². The highest BCUT2D eigenvalue weighted by Gasteiger charge is 2.19. The fraction of sp³-hybridized carbons (Fsp3) is 0.333. The summed E-state index contributed by atoms with van der Waals surface area (Å²) < 4.78 is 35.3. The fourth-order valence-corrected chi connectivity index (χ4v) is 3.14. The first-order valence-corrected chi connectivity index (χ1v) is 8.89. The molecule has 1 unspecified atom stereocenters. The van der Waals surface area contributed by atoms with Crippen LogP contribution in [0.4, 0.5) is 0 Å². The summed E-state index contributed by atoms with van der Waals surface area (Å²) in [6.45, 7) is 7.67. The Morgan fingerprint density at radius 3 is 2.22 bits per heavy atom. The predicted octanol–water partition coefficient (Wildman–Crippen LogP) is 3.78. The van der Waals surface area contributed by atoms with Gasteiger partial charge in [0, 0.05) is 0 Å². The summed E-state index contributed by atoms with van der Waals surface area (Å²) in [4.78, 5) is 0.154. The second-order valence-corrected chi connectivity index (χ2v) is 7.33. The first kappa shape index (κ1) is 17.5. The molecule has 2 aromatic rings. The molecule has 0 amide bonds. The van der Waals surface area contributed by atoms with Gasteiger partial charge in [-0.2, -0.15) is 8.42 Å². The van der Waals surface area contributed by atoms with Gasteiger partial charge in [0.2, 0.25) is 0 Å². The van der Waals surface area contributed by atoms with Crippen LogP contribution in [0.15, 0.2) is 47.4 Å². The van der Waals surface area contributed by atoms with Gasteiger partial charge < -0.3 is 4.74 Å². The average Bonchev–Trinajstić information content (AvgIpc) is 2.48. The molecule has 124 valence electrons. The molecule has 1 atom stereocenters. The first-order chi connectivity index (χ1) is 10.8. The van der Waals surface area contributed by atoms with Crippen LogP contribution in [0.3, 0.4) is 0 Å². The zero-order valence-electron chi connectivity index (χ0n) is 13.9. The molecule has 2 rings (SSSR count). The molecule has 0 spiro atoms. The molecule has 0 bridgehead atoms. The fourth-order valence-electron chi connectivity index (χ4n) is 2.07. The summed E-state index contributed by atoms with van der Waals surface area (Å²) >= 11 is 0. The Balaban J connectivity index is 2.00. The lowest BCUT2D eigenvalue weighted by atomic mass is 10.1. The average molecular weight is 334 g/mol. The largest absolute Gasteiger partial charge is 0.491 e. The molecule has 0 aliphatic carbocycles. The van der Waals surface area contributed by atoms with E-state index in [1.165, 1.54) is 0 Å². The van der Waals surface area contributed by atoms with Crippen LogP contribution in [0.2, 0.25) is 0 Å². The van der Waals surface area contributed by atoms with Gasteiger partial charge in [0.05, 0.1) is 4.90 Å². The Labute approximate surface area is 138 Å². The highest BCUT2D eigenvalue weighted by atomic mass is 32.2. The van der Waals surface area contributed by atoms with Crippen LogP contribution in [-0.4, -0.2) is 21.1 Å². The Bertz CT molecular complexity index is 764. The van der Waals surface area contributed by atoms with Crippen molar-refractivity contribution in [2.75, 3.05) is 6.61 Å². The van der Waals surface area contributed by atoms with E-state index in [2.05, 4.69) is 0 Å². The summed E-state index contributed by atoms with van der Waals surface area (Å²) in [5, 5.41) is 0. The van der Waals surface area contributed by atoms with Crippen LogP contribution in [0, 0.1) is 20.8 Å². The van der Waals surface area contributed by atoms with E-state index < -0.39 is 16.2 Å². The molecule has 0 heterocycles. The van der Waals surface area contributed by atoms with Crippen LogP contribution in [-0.2, 0) is 14.3 Å². The molecule has 2 aromatic carbocycles. The van der Waals surface area contributed by atoms with Crippen molar-refractivity contribution in [3.63, 3.8) is 0 Å². The minimum atomic E-state index is -3.78. The highest BCUT2D eigenvalue weighted by molar-refractivity contribution is 7.86. The lowest BCUT2D eigenvalue weighted by molar-refractivity contribution is 0.148. The molecule has 0 fully saturated rings. The standard InChI is InChI=1S/C18H22O4S/c1-13-6-9-17(10-7-13)23(19,20)22-16(4)12-21-18-11-14(2)5-8-15(18)3/h5-11,16H,12H2,1-4H3. The molecule has 0 saturated carbocycles. The smallest absolute Gasteiger partial charge is 0.297 e. The molecule has 0 N–H and O–H groups in total. The predicted molar refractivity (Wildman–Crippen MR) is 90.3 cm³/mol. The van der Waals surface area contributed by atoms with Crippen molar-refractivity contribution in [2.45, 2.75) is 38.7 Å². The van der Waals surface area contributed by atoms with Crippen LogP contribution < -0.4 is 4.74 Å². The maximum Gasteiger partial charge on any atom is 0.297 e. The van der Waals surface area contributed by atoms with Crippen LogP contribution in [0.25, 0.3) is 0 Å². The van der Waals surface area contributed by atoms with Crippen molar-refractivity contribution >= 4 is 10.1 Å². The van der Waals surface area contributed by atoms with Crippen molar-refractivity contribution in [1.29, 1.82) is 0 Å². The topological polar surface area (TPSA) is 52.6 Å². The van der Waals surface area contributed by atoms with Gasteiger partial charge in [0.15, 0.2) is 0 Å². The summed E-state index contributed by atoms with van der Waals surface area (Å²) in [6, 6.07) is 12.5. The van der Waals surface area contributed by atoms with E-state index >= 15 is 0 Å². The molecule has 0 saturated heterocycles. The summed E-state index contributed by atoms with van der Waals surface area (Å²) in [7, 11) is -3.78.